The van der Waals surface area contributed by atoms with E-state index < -0.39 is 20.9 Å². The molecule has 0 aromatic heterocycles. The van der Waals surface area contributed by atoms with Crippen LogP contribution in [-0.2, 0) is 0 Å². The molecule has 0 amide bonds. The Morgan fingerprint density at radius 3 is 1.89 bits per heavy atom. The summed E-state index contributed by atoms with van der Waals surface area (Å²) in [6.07, 6.45) is 2.24. The normalized spacial score (nSPS) is 13.1. The van der Waals surface area contributed by atoms with E-state index in [1.165, 1.54) is 14.7 Å². The molecule has 18 heavy (non-hydrogen) atoms. The Labute approximate surface area is 116 Å². The van der Waals surface area contributed by atoms with Gasteiger partial charge in [-0.25, -0.2) is 0 Å². The molecule has 1 aliphatic rings. The van der Waals surface area contributed by atoms with Crippen LogP contribution in [0, 0.1) is 0 Å². The van der Waals surface area contributed by atoms with E-state index in [0.29, 0.717) is 0 Å². The smallest absolute Gasteiger partial charge is 1.00 e. The fraction of sp³-hybridized carbons (Fsp3) is 0. The Kier molecular flexibility index (Phi) is 4.30. The zero-order valence-electron chi connectivity index (χ0n) is 9.58. The van der Waals surface area contributed by atoms with Crippen LogP contribution in [0.25, 0.3) is 5.76 Å². The third kappa shape index (κ3) is 2.69. The predicted molar refractivity (Wildman–Crippen MR) is 72.9 cm³/mol. The molecule has 0 atom stereocenters. The molecule has 1 nitrogen and oxygen atoms in total. The Balaban J connectivity index is 0.00000120. The van der Waals surface area contributed by atoms with E-state index in [2.05, 4.69) is 60.7 Å². The fourth-order valence-corrected chi connectivity index (χ4v) is 3.93. The summed E-state index contributed by atoms with van der Waals surface area (Å²) < 4.78 is 6.14. The van der Waals surface area contributed by atoms with Crippen molar-refractivity contribution in [3.05, 3.63) is 77.9 Å². The largest absolute Gasteiger partial charge is 1.00 e. The summed E-state index contributed by atoms with van der Waals surface area (Å²) in [7, 11) is 0. The first-order valence-corrected chi connectivity index (χ1v) is 7.72. The molecular formula is C15H12FOTe. The molecule has 1 radical (unpaired) electrons. The second-order valence-electron chi connectivity index (χ2n) is 3.81. The third-order valence-corrected chi connectivity index (χ3v) is 5.03. The van der Waals surface area contributed by atoms with Gasteiger partial charge in [0, 0.05) is 0 Å². The number of hydrogen-bond donors (Lipinski definition) is 0. The van der Waals surface area contributed by atoms with Gasteiger partial charge in [-0.3, -0.25) is 0 Å². The minimum absolute atomic E-state index is 0. The summed E-state index contributed by atoms with van der Waals surface area (Å²) in [4.78, 5) is 0. The van der Waals surface area contributed by atoms with Crippen molar-refractivity contribution in [1.82, 2.24) is 0 Å². The molecule has 2 aromatic carbocycles. The summed E-state index contributed by atoms with van der Waals surface area (Å²) in [6, 6.07) is 21.0. The standard InChI is InChI=1S/C15H12OTe.FH/c1-3-7-12(8-4-1)14-11-15(17-16-14)13-9-5-2-6-10-13;/h1-11,16H;1H/q+1;/p-1. The molecule has 0 spiro atoms. The van der Waals surface area contributed by atoms with Crippen LogP contribution in [0.15, 0.2) is 66.7 Å². The van der Waals surface area contributed by atoms with Gasteiger partial charge in [-0.2, -0.15) is 0 Å². The maximum absolute atomic E-state index is 4.72. The predicted octanol–water partition coefficient (Wildman–Crippen LogP) is -0.587. The molecule has 0 bridgehead atoms. The van der Waals surface area contributed by atoms with E-state index in [0.717, 1.165) is 5.76 Å². The average Bonchev–Trinajstić information content (AvgIpc) is 2.90. The summed E-state index contributed by atoms with van der Waals surface area (Å²) in [5.41, 5.74) is 2.55. The van der Waals surface area contributed by atoms with Crippen LogP contribution in [0.2, 0.25) is 0 Å². The third-order valence-electron chi connectivity index (χ3n) is 2.64. The van der Waals surface area contributed by atoms with Crippen LogP contribution in [-0.4, -0.2) is 27.5 Å². The number of rotatable bonds is 2. The number of halogens is 1. The molecule has 0 aliphatic carbocycles. The Hall–Kier alpha value is -1.43. The minimum Gasteiger partial charge on any atom is -1.00 e. The average molecular weight is 355 g/mol. The second-order valence-corrected chi connectivity index (χ2v) is 6.11. The summed E-state index contributed by atoms with van der Waals surface area (Å²) in [5, 5.41) is 0. The maximum atomic E-state index is 4.72. The van der Waals surface area contributed by atoms with Gasteiger partial charge in [0.05, 0.1) is 0 Å². The molecule has 2 aromatic rings. The molecule has 0 saturated carbocycles. The van der Waals surface area contributed by atoms with Crippen molar-refractivity contribution >= 4 is 30.2 Å². The second kappa shape index (κ2) is 5.95. The van der Waals surface area contributed by atoms with Gasteiger partial charge in [0.25, 0.3) is 0 Å². The first-order chi connectivity index (χ1) is 8.43. The van der Waals surface area contributed by atoms with E-state index in [9.17, 15) is 0 Å². The molecule has 0 unspecified atom stereocenters. The van der Waals surface area contributed by atoms with Gasteiger partial charge >= 0.3 is 111 Å². The molecule has 1 N–H and O–H groups in total. The Morgan fingerprint density at radius 1 is 0.722 bits per heavy atom. The van der Waals surface area contributed by atoms with Gasteiger partial charge in [0.2, 0.25) is 0 Å². The van der Waals surface area contributed by atoms with E-state index >= 15 is 0 Å². The quantitative estimate of drug-likeness (QED) is 0.505. The van der Waals surface area contributed by atoms with Crippen molar-refractivity contribution < 1.29 is 7.81 Å². The van der Waals surface area contributed by atoms with Crippen molar-refractivity contribution in [1.29, 1.82) is 0 Å². The number of aliphatic hydroxyl groups is 1. The molecule has 91 valence electrons. The topological polar surface area (TPSA) is 12.8 Å². The minimum atomic E-state index is -0.402. The van der Waals surface area contributed by atoms with Crippen LogP contribution in [0.3, 0.4) is 0 Å². The zero-order chi connectivity index (χ0) is 11.5. The van der Waals surface area contributed by atoms with Crippen LogP contribution < -0.4 is 4.70 Å². The van der Waals surface area contributed by atoms with Crippen molar-refractivity contribution in [3.63, 3.8) is 0 Å². The first-order valence-electron chi connectivity index (χ1n) is 5.51. The number of allylic oxidation sites excluding steroid dienone is 1. The Morgan fingerprint density at radius 2 is 1.28 bits per heavy atom. The molecule has 1 aliphatic heterocycles. The Bertz CT molecular complexity index is 576. The molecule has 0 saturated heterocycles. The van der Waals surface area contributed by atoms with E-state index in [1.54, 1.807) is 0 Å². The zero-order valence-corrected chi connectivity index (χ0v) is 11.9. The van der Waals surface area contributed by atoms with Crippen molar-refractivity contribution in [2.45, 2.75) is 0 Å². The molecule has 1 heterocycles. The van der Waals surface area contributed by atoms with Gasteiger partial charge in [0.1, 0.15) is 0 Å². The van der Waals surface area contributed by atoms with Crippen molar-refractivity contribution in [2.75, 3.05) is 0 Å². The maximum Gasteiger partial charge on any atom is -1.00 e. The van der Waals surface area contributed by atoms with Crippen LogP contribution in [0.5, 0.6) is 0 Å². The van der Waals surface area contributed by atoms with Crippen LogP contribution in [0.4, 0.5) is 0 Å². The molecule has 0 fully saturated rings. The number of benzene rings is 2. The van der Waals surface area contributed by atoms with Gasteiger partial charge in [-0.15, -0.1) is 0 Å². The van der Waals surface area contributed by atoms with E-state index in [1.807, 2.05) is 6.07 Å². The van der Waals surface area contributed by atoms with Gasteiger partial charge in [-0.1, -0.05) is 0 Å². The van der Waals surface area contributed by atoms with Crippen molar-refractivity contribution in [3.8, 4) is 0 Å². The summed E-state index contributed by atoms with van der Waals surface area (Å²) in [5.74, 6) is 1.15. The van der Waals surface area contributed by atoms with E-state index in [4.69, 9.17) is 3.10 Å². The number of hydrogen-bond acceptors (Lipinski definition) is 0. The SMILES string of the molecule is C1=C(c2ccccc2)[OH+][Te]=C1c1ccccc1.[F-]. The summed E-state index contributed by atoms with van der Waals surface area (Å²) in [6.45, 7) is 0. The van der Waals surface area contributed by atoms with E-state index in [-0.39, 0.29) is 4.70 Å². The molecule has 3 heteroatoms. The van der Waals surface area contributed by atoms with Crippen molar-refractivity contribution in [2.24, 2.45) is 0 Å². The van der Waals surface area contributed by atoms with Gasteiger partial charge < -0.3 is 4.70 Å². The molecule has 3 rings (SSSR count). The first kappa shape index (κ1) is 13.0. The van der Waals surface area contributed by atoms with Gasteiger partial charge in [0.15, 0.2) is 0 Å². The fourth-order valence-electron chi connectivity index (χ4n) is 1.76. The van der Waals surface area contributed by atoms with Crippen LogP contribution >= 0.6 is 0 Å². The van der Waals surface area contributed by atoms with Crippen LogP contribution in [0.1, 0.15) is 11.1 Å². The molecular weight excluding hydrogens is 343 g/mol. The monoisotopic (exact) mass is 357 g/mol. The summed E-state index contributed by atoms with van der Waals surface area (Å²) >= 11 is -0.402. The van der Waals surface area contributed by atoms with Gasteiger partial charge in [-0.05, 0) is 0 Å².